The number of hydrogen-bond acceptors (Lipinski definition) is 5. The summed E-state index contributed by atoms with van der Waals surface area (Å²) in [5.74, 6) is 2.54. The van der Waals surface area contributed by atoms with Crippen molar-refractivity contribution in [2.45, 2.75) is 38.6 Å². The predicted molar refractivity (Wildman–Crippen MR) is 108 cm³/mol. The molecule has 0 bridgehead atoms. The summed E-state index contributed by atoms with van der Waals surface area (Å²) in [6, 6.07) is 10.5. The first-order valence-corrected chi connectivity index (χ1v) is 9.48. The van der Waals surface area contributed by atoms with Gasteiger partial charge in [-0.25, -0.2) is 9.67 Å². The van der Waals surface area contributed by atoms with Crippen LogP contribution in [0.4, 0.5) is 0 Å². The molecule has 28 heavy (non-hydrogen) atoms. The van der Waals surface area contributed by atoms with Crippen molar-refractivity contribution in [2.24, 2.45) is 4.99 Å². The monoisotopic (exact) mass is 379 g/mol. The molecule has 1 aliphatic heterocycles. The van der Waals surface area contributed by atoms with Gasteiger partial charge in [-0.1, -0.05) is 24.3 Å². The molecule has 2 N–H and O–H groups in total. The lowest BCUT2D eigenvalue weighted by Crippen LogP contribution is -2.46. The summed E-state index contributed by atoms with van der Waals surface area (Å²) < 4.78 is 7.10. The van der Waals surface area contributed by atoms with Crippen LogP contribution in [0.5, 0.6) is 0 Å². The van der Waals surface area contributed by atoms with Crippen LogP contribution in [0.25, 0.3) is 10.9 Å². The van der Waals surface area contributed by atoms with E-state index in [0.717, 1.165) is 53.5 Å². The number of guanidine groups is 1. The van der Waals surface area contributed by atoms with Gasteiger partial charge in [0.05, 0.1) is 12.1 Å². The van der Waals surface area contributed by atoms with Crippen molar-refractivity contribution in [1.82, 2.24) is 30.4 Å². The van der Waals surface area contributed by atoms with Crippen LogP contribution in [0, 0.1) is 0 Å². The molecule has 0 saturated carbocycles. The van der Waals surface area contributed by atoms with Crippen LogP contribution < -0.4 is 10.6 Å². The van der Waals surface area contributed by atoms with E-state index in [1.165, 1.54) is 0 Å². The van der Waals surface area contributed by atoms with Gasteiger partial charge in [0.25, 0.3) is 0 Å². The van der Waals surface area contributed by atoms with Crippen molar-refractivity contribution >= 4 is 16.9 Å². The summed E-state index contributed by atoms with van der Waals surface area (Å²) in [6.07, 6.45) is 3.70. The van der Waals surface area contributed by atoms with Gasteiger partial charge in [-0.05, 0) is 18.1 Å². The van der Waals surface area contributed by atoms with Gasteiger partial charge in [-0.3, -0.25) is 9.98 Å². The van der Waals surface area contributed by atoms with Crippen molar-refractivity contribution in [3.8, 4) is 0 Å². The molecule has 0 spiro atoms. The third kappa shape index (κ3) is 3.96. The van der Waals surface area contributed by atoms with E-state index < -0.39 is 0 Å². The summed E-state index contributed by atoms with van der Waals surface area (Å²) in [5.41, 5.74) is 2.16. The Bertz CT molecular complexity index is 976. The van der Waals surface area contributed by atoms with Crippen LogP contribution in [-0.2, 0) is 30.9 Å². The van der Waals surface area contributed by atoms with Gasteiger partial charge >= 0.3 is 0 Å². The number of aliphatic imine (C=N–C) groups is 1. The van der Waals surface area contributed by atoms with E-state index in [-0.39, 0.29) is 6.04 Å². The maximum atomic E-state index is 5.13. The first kappa shape index (κ1) is 18.4. The molecule has 1 unspecified atom stereocenters. The number of fused-ring (bicyclic) bond motifs is 2. The second-order valence-corrected chi connectivity index (χ2v) is 6.86. The minimum atomic E-state index is 0.251. The number of pyridine rings is 1. The van der Waals surface area contributed by atoms with Crippen molar-refractivity contribution in [3.63, 3.8) is 0 Å². The molecule has 1 aliphatic rings. The zero-order valence-corrected chi connectivity index (χ0v) is 16.2. The molecule has 146 valence electrons. The maximum Gasteiger partial charge on any atom is 0.191 e. The van der Waals surface area contributed by atoms with Crippen LogP contribution in [0.2, 0.25) is 0 Å². The number of benzene rings is 1. The molecular formula is C20H25N7O. The lowest BCUT2D eigenvalue weighted by atomic mass is 10.1. The Hall–Kier alpha value is -3.00. The van der Waals surface area contributed by atoms with E-state index >= 15 is 0 Å². The molecule has 3 aromatic rings. The molecule has 3 heterocycles. The van der Waals surface area contributed by atoms with Crippen LogP contribution in [-0.4, -0.2) is 45.9 Å². The van der Waals surface area contributed by atoms with E-state index in [4.69, 9.17) is 4.74 Å². The molecule has 0 radical (unpaired) electrons. The van der Waals surface area contributed by atoms with Gasteiger partial charge < -0.3 is 15.4 Å². The Morgan fingerprint density at radius 2 is 2.21 bits per heavy atom. The number of para-hydroxylation sites is 1. The summed E-state index contributed by atoms with van der Waals surface area (Å²) >= 11 is 0. The highest BCUT2D eigenvalue weighted by Crippen LogP contribution is 2.16. The Labute approximate surface area is 164 Å². The van der Waals surface area contributed by atoms with Gasteiger partial charge in [-0.2, -0.15) is 5.10 Å². The Kier molecular flexibility index (Phi) is 5.48. The normalized spacial score (nSPS) is 16.8. The zero-order valence-electron chi connectivity index (χ0n) is 16.2. The number of methoxy groups -OCH3 is 1. The highest BCUT2D eigenvalue weighted by molar-refractivity contribution is 5.83. The first-order chi connectivity index (χ1) is 13.8. The van der Waals surface area contributed by atoms with E-state index in [0.29, 0.717) is 13.2 Å². The fourth-order valence-corrected chi connectivity index (χ4v) is 3.55. The van der Waals surface area contributed by atoms with E-state index in [1.54, 1.807) is 14.2 Å². The number of ether oxygens (including phenoxy) is 1. The van der Waals surface area contributed by atoms with Gasteiger partial charge in [0.2, 0.25) is 0 Å². The highest BCUT2D eigenvalue weighted by atomic mass is 16.5. The average molecular weight is 379 g/mol. The second kappa shape index (κ2) is 8.35. The van der Waals surface area contributed by atoms with E-state index in [2.05, 4.69) is 55.0 Å². The Balaban J connectivity index is 1.38. The Morgan fingerprint density at radius 1 is 1.32 bits per heavy atom. The zero-order chi connectivity index (χ0) is 19.3. The number of nitrogens with one attached hydrogen (secondary N) is 2. The van der Waals surface area contributed by atoms with Crippen LogP contribution in [0.3, 0.4) is 0 Å². The van der Waals surface area contributed by atoms with Crippen molar-refractivity contribution < 1.29 is 4.74 Å². The number of aryl methyl sites for hydroxylation is 1. The van der Waals surface area contributed by atoms with Gasteiger partial charge in [0, 0.05) is 44.7 Å². The lowest BCUT2D eigenvalue weighted by molar-refractivity contribution is 0.177. The summed E-state index contributed by atoms with van der Waals surface area (Å²) in [7, 11) is 3.45. The second-order valence-electron chi connectivity index (χ2n) is 6.86. The summed E-state index contributed by atoms with van der Waals surface area (Å²) in [6.45, 7) is 1.87. The molecular weight excluding hydrogens is 354 g/mol. The third-order valence-electron chi connectivity index (χ3n) is 4.90. The molecule has 8 nitrogen and oxygen atoms in total. The van der Waals surface area contributed by atoms with E-state index in [1.807, 2.05) is 16.9 Å². The van der Waals surface area contributed by atoms with Gasteiger partial charge in [-0.15, -0.1) is 0 Å². The Morgan fingerprint density at radius 3 is 3.07 bits per heavy atom. The smallest absolute Gasteiger partial charge is 0.191 e. The minimum Gasteiger partial charge on any atom is -0.377 e. The molecule has 0 fully saturated rings. The van der Waals surface area contributed by atoms with Crippen molar-refractivity contribution in [3.05, 3.63) is 53.7 Å². The van der Waals surface area contributed by atoms with Gasteiger partial charge in [0.1, 0.15) is 12.4 Å². The fourth-order valence-electron chi connectivity index (χ4n) is 3.55. The molecule has 1 aromatic carbocycles. The quantitative estimate of drug-likeness (QED) is 0.518. The fraction of sp³-hybridized carbons (Fsp3) is 0.400. The van der Waals surface area contributed by atoms with Crippen molar-refractivity contribution in [1.29, 1.82) is 0 Å². The largest absolute Gasteiger partial charge is 0.377 e. The van der Waals surface area contributed by atoms with Crippen LogP contribution >= 0.6 is 0 Å². The predicted octanol–water partition coefficient (Wildman–Crippen LogP) is 1.65. The number of hydrogen-bond donors (Lipinski definition) is 2. The molecule has 8 heteroatoms. The van der Waals surface area contributed by atoms with Gasteiger partial charge in [0.15, 0.2) is 11.8 Å². The first-order valence-electron chi connectivity index (χ1n) is 9.48. The molecule has 0 amide bonds. The number of rotatable bonds is 5. The molecule has 0 saturated heterocycles. The summed E-state index contributed by atoms with van der Waals surface area (Å²) in [5, 5.41) is 12.6. The SMILES string of the molecule is CN=C(NCc1cccc2cccnc12)NC1CCc2nc(COC)nn2C1. The lowest BCUT2D eigenvalue weighted by Gasteiger charge is -2.25. The maximum absolute atomic E-state index is 5.13. The standard InChI is InChI=1S/C20H25N7O/c1-21-20(23-11-15-6-3-5-14-7-4-10-22-19(14)15)24-16-8-9-18-25-17(13-28-2)26-27(18)12-16/h3-7,10,16H,8-9,11-13H2,1-2H3,(H2,21,23,24). The van der Waals surface area contributed by atoms with Crippen molar-refractivity contribution in [2.75, 3.05) is 14.2 Å². The molecule has 2 aromatic heterocycles. The van der Waals surface area contributed by atoms with Crippen LogP contribution in [0.15, 0.2) is 41.5 Å². The van der Waals surface area contributed by atoms with E-state index in [9.17, 15) is 0 Å². The number of aromatic nitrogens is 4. The molecule has 4 rings (SSSR count). The molecule has 1 atom stereocenters. The average Bonchev–Trinajstić information content (AvgIpc) is 3.13. The number of nitrogens with zero attached hydrogens (tertiary/aromatic N) is 5. The molecule has 0 aliphatic carbocycles. The van der Waals surface area contributed by atoms with Crippen LogP contribution in [0.1, 0.15) is 23.6 Å². The topological polar surface area (TPSA) is 89.2 Å². The highest BCUT2D eigenvalue weighted by Gasteiger charge is 2.22. The minimum absolute atomic E-state index is 0.251. The summed E-state index contributed by atoms with van der Waals surface area (Å²) in [4.78, 5) is 13.4. The third-order valence-corrected chi connectivity index (χ3v) is 4.90.